The number of nitrogens with zero attached hydrogens (tertiary/aromatic N) is 3. The van der Waals surface area contributed by atoms with E-state index in [1.807, 2.05) is 23.1 Å². The molecule has 3 heterocycles. The number of hydrogen-bond donors (Lipinski definition) is 1. The van der Waals surface area contributed by atoms with E-state index in [9.17, 15) is 14.4 Å². The van der Waals surface area contributed by atoms with Crippen molar-refractivity contribution in [3.63, 3.8) is 0 Å². The van der Waals surface area contributed by atoms with Gasteiger partial charge in [0.1, 0.15) is 6.04 Å². The van der Waals surface area contributed by atoms with Crippen molar-refractivity contribution in [2.45, 2.75) is 25.3 Å². The number of rotatable bonds is 9. The van der Waals surface area contributed by atoms with Crippen LogP contribution in [0.25, 0.3) is 5.57 Å². The molecule has 0 bridgehead atoms. The maximum atomic E-state index is 12.9. The second kappa shape index (κ2) is 12.5. The van der Waals surface area contributed by atoms with Gasteiger partial charge in [-0.1, -0.05) is 42.5 Å². The van der Waals surface area contributed by atoms with Crippen LogP contribution in [0, 0.1) is 0 Å². The van der Waals surface area contributed by atoms with E-state index in [0.717, 1.165) is 50.1 Å². The summed E-state index contributed by atoms with van der Waals surface area (Å²) in [6.07, 6.45) is 5.76. The Kier molecular flexibility index (Phi) is 8.63. The fourth-order valence-electron chi connectivity index (χ4n) is 5.59. The van der Waals surface area contributed by atoms with E-state index in [4.69, 9.17) is 4.74 Å². The van der Waals surface area contributed by atoms with Crippen LogP contribution >= 0.6 is 0 Å². The zero-order valence-electron chi connectivity index (χ0n) is 21.8. The summed E-state index contributed by atoms with van der Waals surface area (Å²) in [4.78, 5) is 43.4. The van der Waals surface area contributed by atoms with Crippen molar-refractivity contribution in [1.29, 1.82) is 0 Å². The molecule has 0 aliphatic carbocycles. The summed E-state index contributed by atoms with van der Waals surface area (Å²) in [6.45, 7) is 6.43. The number of anilines is 1. The Labute approximate surface area is 224 Å². The molecule has 5 rings (SSSR count). The Bertz CT molecular complexity index is 1180. The number of aldehydes is 1. The zero-order valence-corrected chi connectivity index (χ0v) is 21.8. The molecule has 0 saturated carbocycles. The summed E-state index contributed by atoms with van der Waals surface area (Å²) in [5.74, 6) is -0.489. The third kappa shape index (κ3) is 6.04. The summed E-state index contributed by atoms with van der Waals surface area (Å²) in [6, 6.07) is 15.3. The molecule has 3 aliphatic rings. The Morgan fingerprint density at radius 3 is 2.53 bits per heavy atom. The molecule has 1 amide bonds. The zero-order chi connectivity index (χ0) is 26.3. The second-order valence-corrected chi connectivity index (χ2v) is 10.1. The fraction of sp³-hybridized carbons (Fsp3) is 0.433. The van der Waals surface area contributed by atoms with Crippen LogP contribution < -0.4 is 5.32 Å². The number of hydrogen-bond acceptors (Lipinski definition) is 7. The Balaban J connectivity index is 1.16. The molecule has 1 N–H and O–H groups in total. The number of amides is 1. The summed E-state index contributed by atoms with van der Waals surface area (Å²) in [5.41, 5.74) is 4.81. The molecular weight excluding hydrogens is 480 g/mol. The van der Waals surface area contributed by atoms with Gasteiger partial charge in [0.05, 0.1) is 19.9 Å². The minimum absolute atomic E-state index is 0.0398. The van der Waals surface area contributed by atoms with Crippen molar-refractivity contribution in [3.05, 3.63) is 71.3 Å². The third-order valence-corrected chi connectivity index (χ3v) is 7.72. The van der Waals surface area contributed by atoms with Gasteiger partial charge in [0.25, 0.3) is 5.91 Å². The van der Waals surface area contributed by atoms with Crippen LogP contribution in [0.15, 0.2) is 54.6 Å². The second-order valence-electron chi connectivity index (χ2n) is 10.1. The average molecular weight is 517 g/mol. The Morgan fingerprint density at radius 1 is 1.00 bits per heavy atom. The number of Topliss-reactive ketones (excluding diaryl/α,β-unsaturated/α-hetero) is 1. The molecule has 1 unspecified atom stereocenters. The molecule has 2 aromatic carbocycles. The van der Waals surface area contributed by atoms with Crippen molar-refractivity contribution in [2.75, 3.05) is 64.5 Å². The highest BCUT2D eigenvalue weighted by molar-refractivity contribution is 6.27. The van der Waals surface area contributed by atoms with Crippen molar-refractivity contribution >= 4 is 29.2 Å². The predicted molar refractivity (Wildman–Crippen MR) is 147 cm³/mol. The molecule has 0 spiro atoms. The smallest absolute Gasteiger partial charge is 0.254 e. The van der Waals surface area contributed by atoms with Crippen LogP contribution in [0.4, 0.5) is 5.69 Å². The lowest BCUT2D eigenvalue weighted by atomic mass is 9.95. The molecule has 1 saturated heterocycles. The lowest BCUT2D eigenvalue weighted by Crippen LogP contribution is -2.43. The number of ether oxygens (including phenoxy) is 1. The lowest BCUT2D eigenvalue weighted by molar-refractivity contribution is -0.133. The lowest BCUT2D eigenvalue weighted by Gasteiger charge is -2.36. The Morgan fingerprint density at radius 2 is 1.79 bits per heavy atom. The number of morpholine rings is 1. The minimum Gasteiger partial charge on any atom is -0.378 e. The third-order valence-electron chi connectivity index (χ3n) is 7.72. The van der Waals surface area contributed by atoms with E-state index in [0.29, 0.717) is 51.4 Å². The largest absolute Gasteiger partial charge is 0.378 e. The van der Waals surface area contributed by atoms with Gasteiger partial charge in [-0.2, -0.15) is 0 Å². The maximum Gasteiger partial charge on any atom is 0.254 e. The number of carbonyl (C=O) groups excluding carboxylic acids is 3. The van der Waals surface area contributed by atoms with Crippen molar-refractivity contribution in [2.24, 2.45) is 0 Å². The number of benzene rings is 2. The number of nitrogens with one attached hydrogen (secondary N) is 1. The molecule has 38 heavy (non-hydrogen) atoms. The number of ketones is 1. The normalized spacial score (nSPS) is 20.3. The fourth-order valence-corrected chi connectivity index (χ4v) is 5.59. The van der Waals surface area contributed by atoms with Gasteiger partial charge in [0, 0.05) is 49.5 Å². The van der Waals surface area contributed by atoms with Gasteiger partial charge in [0.2, 0.25) is 5.78 Å². The van der Waals surface area contributed by atoms with E-state index in [2.05, 4.69) is 40.6 Å². The van der Waals surface area contributed by atoms with Gasteiger partial charge in [-0.25, -0.2) is 0 Å². The number of unbranched alkanes of at least 4 members (excludes halogenated alkanes) is 1. The maximum absolute atomic E-state index is 12.9. The minimum atomic E-state index is -0.623. The highest BCUT2D eigenvalue weighted by Gasteiger charge is 2.33. The summed E-state index contributed by atoms with van der Waals surface area (Å²) in [5, 5.41) is 3.37. The van der Waals surface area contributed by atoms with E-state index in [1.54, 1.807) is 11.0 Å². The monoisotopic (exact) mass is 516 g/mol. The molecule has 200 valence electrons. The first-order chi connectivity index (χ1) is 18.6. The molecule has 1 fully saturated rings. The molecule has 0 radical (unpaired) electrons. The predicted octanol–water partition coefficient (Wildman–Crippen LogP) is 3.22. The van der Waals surface area contributed by atoms with Crippen molar-refractivity contribution < 1.29 is 19.1 Å². The highest BCUT2D eigenvalue weighted by Crippen LogP contribution is 2.34. The van der Waals surface area contributed by atoms with Crippen LogP contribution in [-0.4, -0.2) is 91.8 Å². The van der Waals surface area contributed by atoms with Crippen LogP contribution in [-0.2, 0) is 14.3 Å². The molecule has 8 nitrogen and oxygen atoms in total. The van der Waals surface area contributed by atoms with Crippen molar-refractivity contribution in [1.82, 2.24) is 14.7 Å². The summed E-state index contributed by atoms with van der Waals surface area (Å²) in [7, 11) is 0. The first-order valence-corrected chi connectivity index (χ1v) is 13.6. The number of carbonyl (C=O) groups is 3. The highest BCUT2D eigenvalue weighted by atomic mass is 16.5. The standard InChI is InChI=1S/C30H36N4O4/c35-21-28(36)29-26-9-8-25(30(37)33-16-18-38-19-17-33)20-27(26)31-22-34(29)13-5-4-12-32-14-10-24(11-15-32)23-6-2-1-3-7-23/h1-3,6-10,20-21,29,31H,4-5,11-19,22H2. The molecule has 0 aromatic heterocycles. The van der Waals surface area contributed by atoms with Gasteiger partial charge < -0.3 is 15.0 Å². The van der Waals surface area contributed by atoms with Gasteiger partial charge in [0.15, 0.2) is 6.29 Å². The quantitative estimate of drug-likeness (QED) is 0.311. The van der Waals surface area contributed by atoms with Gasteiger partial charge in [-0.05, 0) is 49.1 Å². The molecule has 8 heteroatoms. The van der Waals surface area contributed by atoms with Crippen LogP contribution in [0.3, 0.4) is 0 Å². The van der Waals surface area contributed by atoms with E-state index in [1.165, 1.54) is 11.1 Å². The molecular formula is C30H36N4O4. The van der Waals surface area contributed by atoms with Crippen LogP contribution in [0.1, 0.15) is 46.8 Å². The SMILES string of the molecule is O=CC(=O)C1c2ccc(C(=O)N3CCOCC3)cc2NCN1CCCCN1CC=C(c2ccccc2)CC1. The summed E-state index contributed by atoms with van der Waals surface area (Å²) < 4.78 is 5.35. The van der Waals surface area contributed by atoms with E-state index in [-0.39, 0.29) is 5.91 Å². The first kappa shape index (κ1) is 26.3. The average Bonchev–Trinajstić information content (AvgIpc) is 2.99. The van der Waals surface area contributed by atoms with E-state index >= 15 is 0 Å². The molecule has 2 aromatic rings. The van der Waals surface area contributed by atoms with Crippen molar-refractivity contribution in [3.8, 4) is 0 Å². The molecule has 1 atom stereocenters. The van der Waals surface area contributed by atoms with Gasteiger partial charge in [-0.15, -0.1) is 0 Å². The topological polar surface area (TPSA) is 82.2 Å². The van der Waals surface area contributed by atoms with Crippen LogP contribution in [0.5, 0.6) is 0 Å². The van der Waals surface area contributed by atoms with E-state index < -0.39 is 11.8 Å². The van der Waals surface area contributed by atoms with Gasteiger partial charge in [-0.3, -0.25) is 24.2 Å². The Hall–Kier alpha value is -3.33. The first-order valence-electron chi connectivity index (χ1n) is 13.6. The molecule has 3 aliphatic heterocycles. The van der Waals surface area contributed by atoms with Crippen LogP contribution in [0.2, 0.25) is 0 Å². The summed E-state index contributed by atoms with van der Waals surface area (Å²) >= 11 is 0. The van der Waals surface area contributed by atoms with Gasteiger partial charge >= 0.3 is 0 Å². The number of fused-ring (bicyclic) bond motifs is 1.